The normalized spacial score (nSPS) is 21.8. The van der Waals surface area contributed by atoms with Crippen molar-refractivity contribution in [2.45, 2.75) is 32.0 Å². The molecule has 1 heterocycles. The fourth-order valence-corrected chi connectivity index (χ4v) is 2.02. The summed E-state index contributed by atoms with van der Waals surface area (Å²) < 4.78 is 24.6. The van der Waals surface area contributed by atoms with Crippen LogP contribution in [0.5, 0.6) is 5.75 Å². The second-order valence-corrected chi connectivity index (χ2v) is 4.56. The summed E-state index contributed by atoms with van der Waals surface area (Å²) in [6.45, 7) is 2.14. The van der Waals surface area contributed by atoms with Crippen LogP contribution in [0, 0.1) is 17.7 Å². The lowest BCUT2D eigenvalue weighted by molar-refractivity contribution is 0.0256. The molecule has 1 fully saturated rings. The Hall–Kier alpha value is -1.57. The first-order chi connectivity index (χ1) is 9.19. The van der Waals surface area contributed by atoms with E-state index in [1.807, 2.05) is 6.92 Å². The van der Waals surface area contributed by atoms with Crippen LogP contribution in [0.3, 0.4) is 0 Å². The summed E-state index contributed by atoms with van der Waals surface area (Å²) in [5.74, 6) is 4.99. The average Bonchev–Trinajstić information content (AvgIpc) is 2.82. The van der Waals surface area contributed by atoms with Gasteiger partial charge in [-0.05, 0) is 38.0 Å². The Bertz CT molecular complexity index is 490. The smallest absolute Gasteiger partial charge is 0.165 e. The van der Waals surface area contributed by atoms with Crippen molar-refractivity contribution in [2.24, 2.45) is 0 Å². The quantitative estimate of drug-likeness (QED) is 0.850. The summed E-state index contributed by atoms with van der Waals surface area (Å²) in [5, 5.41) is 8.63. The number of halogens is 1. The predicted molar refractivity (Wildman–Crippen MR) is 69.4 cm³/mol. The third-order valence-corrected chi connectivity index (χ3v) is 2.99. The fraction of sp³-hybridized carbons (Fsp3) is 0.467. The van der Waals surface area contributed by atoms with E-state index < -0.39 is 5.82 Å². The van der Waals surface area contributed by atoms with Crippen LogP contribution in [0.2, 0.25) is 0 Å². The average molecular weight is 264 g/mol. The molecule has 1 aromatic rings. The van der Waals surface area contributed by atoms with Gasteiger partial charge in [-0.25, -0.2) is 4.39 Å². The highest BCUT2D eigenvalue weighted by atomic mass is 19.1. The van der Waals surface area contributed by atoms with Crippen molar-refractivity contribution >= 4 is 0 Å². The van der Waals surface area contributed by atoms with E-state index in [0.29, 0.717) is 12.2 Å². The molecule has 2 unspecified atom stereocenters. The number of aliphatic hydroxyl groups is 1. The van der Waals surface area contributed by atoms with Gasteiger partial charge in [0.25, 0.3) is 0 Å². The molecule has 0 aromatic heterocycles. The SMILES string of the molecule is CC1CCC(COc2cc(C#CCO)ccc2F)O1. The van der Waals surface area contributed by atoms with E-state index in [1.54, 1.807) is 6.07 Å². The second-order valence-electron chi connectivity index (χ2n) is 4.56. The van der Waals surface area contributed by atoms with E-state index in [2.05, 4.69) is 11.8 Å². The second kappa shape index (κ2) is 6.55. The molecule has 1 aliphatic rings. The first kappa shape index (κ1) is 13.9. The summed E-state index contributed by atoms with van der Waals surface area (Å²) in [7, 11) is 0. The molecule has 0 aliphatic carbocycles. The summed E-state index contributed by atoms with van der Waals surface area (Å²) in [5.41, 5.74) is 0.617. The summed E-state index contributed by atoms with van der Waals surface area (Å²) in [6, 6.07) is 4.41. The van der Waals surface area contributed by atoms with Crippen LogP contribution in [0.15, 0.2) is 18.2 Å². The molecule has 0 radical (unpaired) electrons. The van der Waals surface area contributed by atoms with Gasteiger partial charge in [0.1, 0.15) is 13.2 Å². The third kappa shape index (κ3) is 3.95. The number of hydrogen-bond acceptors (Lipinski definition) is 3. The van der Waals surface area contributed by atoms with Gasteiger partial charge >= 0.3 is 0 Å². The van der Waals surface area contributed by atoms with Gasteiger partial charge in [0.2, 0.25) is 0 Å². The topological polar surface area (TPSA) is 38.7 Å². The van der Waals surface area contributed by atoms with Crippen LogP contribution in [0.1, 0.15) is 25.3 Å². The Balaban J connectivity index is 1.98. The van der Waals surface area contributed by atoms with Gasteiger partial charge in [-0.1, -0.05) is 11.8 Å². The van der Waals surface area contributed by atoms with Gasteiger partial charge in [0.05, 0.1) is 12.2 Å². The first-order valence-electron chi connectivity index (χ1n) is 6.36. The molecule has 0 saturated carbocycles. The van der Waals surface area contributed by atoms with Crippen molar-refractivity contribution in [3.8, 4) is 17.6 Å². The van der Waals surface area contributed by atoms with Crippen LogP contribution in [-0.4, -0.2) is 30.5 Å². The van der Waals surface area contributed by atoms with Gasteiger partial charge in [0, 0.05) is 5.56 Å². The molecular weight excluding hydrogens is 247 g/mol. The van der Waals surface area contributed by atoms with E-state index in [4.69, 9.17) is 14.6 Å². The number of rotatable bonds is 3. The lowest BCUT2D eigenvalue weighted by Gasteiger charge is -2.13. The number of aliphatic hydroxyl groups excluding tert-OH is 1. The van der Waals surface area contributed by atoms with Crippen molar-refractivity contribution < 1.29 is 19.0 Å². The van der Waals surface area contributed by atoms with Crippen molar-refractivity contribution in [1.29, 1.82) is 0 Å². The monoisotopic (exact) mass is 264 g/mol. The summed E-state index contributed by atoms with van der Waals surface area (Å²) in [4.78, 5) is 0. The van der Waals surface area contributed by atoms with Gasteiger partial charge in [-0.15, -0.1) is 0 Å². The van der Waals surface area contributed by atoms with Crippen LogP contribution >= 0.6 is 0 Å². The standard InChI is InChI=1S/C15H17FO3/c1-11-4-6-13(19-11)10-18-15-9-12(3-2-8-17)5-7-14(15)16/h5,7,9,11,13,17H,4,6,8,10H2,1H3. The zero-order valence-corrected chi connectivity index (χ0v) is 10.9. The van der Waals surface area contributed by atoms with E-state index in [1.165, 1.54) is 12.1 Å². The molecule has 102 valence electrons. The summed E-state index contributed by atoms with van der Waals surface area (Å²) in [6.07, 6.45) is 2.23. The Kier molecular flexibility index (Phi) is 4.78. The largest absolute Gasteiger partial charge is 0.488 e. The minimum Gasteiger partial charge on any atom is -0.488 e. The Morgan fingerprint density at radius 3 is 3.00 bits per heavy atom. The van der Waals surface area contributed by atoms with Crippen LogP contribution in [-0.2, 0) is 4.74 Å². The van der Waals surface area contributed by atoms with Gasteiger partial charge in [-0.3, -0.25) is 0 Å². The number of ether oxygens (including phenoxy) is 2. The van der Waals surface area contributed by atoms with Gasteiger partial charge < -0.3 is 14.6 Å². The lowest BCUT2D eigenvalue weighted by atomic mass is 10.2. The molecule has 19 heavy (non-hydrogen) atoms. The first-order valence-corrected chi connectivity index (χ1v) is 6.36. The minimum atomic E-state index is -0.416. The van der Waals surface area contributed by atoms with E-state index in [9.17, 15) is 4.39 Å². The molecule has 1 aromatic carbocycles. The molecule has 0 bridgehead atoms. The molecule has 1 saturated heterocycles. The highest BCUT2D eigenvalue weighted by Gasteiger charge is 2.22. The van der Waals surface area contributed by atoms with E-state index in [-0.39, 0.29) is 24.6 Å². The van der Waals surface area contributed by atoms with Crippen LogP contribution in [0.4, 0.5) is 4.39 Å². The zero-order chi connectivity index (χ0) is 13.7. The minimum absolute atomic E-state index is 0.0292. The maximum Gasteiger partial charge on any atom is 0.165 e. The molecule has 0 spiro atoms. The third-order valence-electron chi connectivity index (χ3n) is 2.99. The Labute approximate surface area is 112 Å². The molecule has 1 N–H and O–H groups in total. The Morgan fingerprint density at radius 1 is 1.47 bits per heavy atom. The Morgan fingerprint density at radius 2 is 2.32 bits per heavy atom. The van der Waals surface area contributed by atoms with E-state index >= 15 is 0 Å². The molecule has 2 rings (SSSR count). The summed E-state index contributed by atoms with van der Waals surface area (Å²) >= 11 is 0. The molecule has 2 atom stereocenters. The molecule has 0 amide bonds. The number of benzene rings is 1. The van der Waals surface area contributed by atoms with Gasteiger partial charge in [0.15, 0.2) is 11.6 Å². The molecule has 1 aliphatic heterocycles. The molecule has 4 heteroatoms. The fourth-order valence-electron chi connectivity index (χ4n) is 2.02. The highest BCUT2D eigenvalue weighted by molar-refractivity contribution is 5.40. The zero-order valence-electron chi connectivity index (χ0n) is 10.9. The van der Waals surface area contributed by atoms with Crippen molar-refractivity contribution in [3.05, 3.63) is 29.6 Å². The van der Waals surface area contributed by atoms with Crippen molar-refractivity contribution in [3.63, 3.8) is 0 Å². The molecular formula is C15H17FO3. The van der Waals surface area contributed by atoms with Crippen LogP contribution in [0.25, 0.3) is 0 Å². The van der Waals surface area contributed by atoms with Crippen molar-refractivity contribution in [1.82, 2.24) is 0 Å². The maximum absolute atomic E-state index is 13.6. The predicted octanol–water partition coefficient (Wildman–Crippen LogP) is 2.12. The van der Waals surface area contributed by atoms with Crippen molar-refractivity contribution in [2.75, 3.05) is 13.2 Å². The lowest BCUT2D eigenvalue weighted by Crippen LogP contribution is -2.18. The van der Waals surface area contributed by atoms with Crippen LogP contribution < -0.4 is 4.74 Å². The maximum atomic E-state index is 13.6. The highest BCUT2D eigenvalue weighted by Crippen LogP contribution is 2.22. The van der Waals surface area contributed by atoms with Gasteiger partial charge in [-0.2, -0.15) is 0 Å². The van der Waals surface area contributed by atoms with E-state index in [0.717, 1.165) is 12.8 Å². The molecule has 3 nitrogen and oxygen atoms in total. The number of hydrogen-bond donors (Lipinski definition) is 1.